The van der Waals surface area contributed by atoms with Crippen LogP contribution in [-0.4, -0.2) is 22.6 Å². The molecule has 1 atom stereocenters. The molecule has 4 nitrogen and oxygen atoms in total. The lowest BCUT2D eigenvalue weighted by atomic mass is 9.95. The zero-order valence-electron chi connectivity index (χ0n) is 12.5. The summed E-state index contributed by atoms with van der Waals surface area (Å²) >= 11 is 0. The summed E-state index contributed by atoms with van der Waals surface area (Å²) < 4.78 is 44.5. The minimum Gasteiger partial charge on any atom is -0.481 e. The Hall–Kier alpha value is -2.05. The van der Waals surface area contributed by atoms with Crippen LogP contribution in [0.5, 0.6) is 0 Å². The van der Waals surface area contributed by atoms with Crippen molar-refractivity contribution in [2.24, 2.45) is 5.92 Å². The highest BCUT2D eigenvalue weighted by Gasteiger charge is 2.27. The van der Waals surface area contributed by atoms with E-state index in [1.807, 2.05) is 0 Å². The molecule has 0 aliphatic rings. The van der Waals surface area contributed by atoms with Gasteiger partial charge in [0.1, 0.15) is 11.4 Å². The van der Waals surface area contributed by atoms with Crippen molar-refractivity contribution >= 4 is 11.9 Å². The molecular weight excluding hydrogens is 301 g/mol. The second kappa shape index (κ2) is 6.81. The number of carboxylic acids is 1. The molecule has 0 radical (unpaired) electrons. The number of carbonyl (C=O) groups is 2. The molecule has 0 amide bonds. The van der Waals surface area contributed by atoms with Crippen LogP contribution in [0.15, 0.2) is 12.1 Å². The van der Waals surface area contributed by atoms with Gasteiger partial charge < -0.3 is 9.84 Å². The highest BCUT2D eigenvalue weighted by Crippen LogP contribution is 2.20. The van der Waals surface area contributed by atoms with Gasteiger partial charge in [-0.3, -0.25) is 9.59 Å². The topological polar surface area (TPSA) is 63.6 Å². The zero-order valence-corrected chi connectivity index (χ0v) is 12.5. The van der Waals surface area contributed by atoms with Crippen LogP contribution in [0.1, 0.15) is 32.8 Å². The predicted octanol–water partition coefficient (Wildman–Crippen LogP) is 3.08. The van der Waals surface area contributed by atoms with Crippen LogP contribution in [0.3, 0.4) is 0 Å². The summed E-state index contributed by atoms with van der Waals surface area (Å²) in [5.41, 5.74) is -1.09. The molecule has 0 bridgehead atoms. The van der Waals surface area contributed by atoms with Gasteiger partial charge in [-0.1, -0.05) is 0 Å². The molecule has 1 aromatic rings. The fourth-order valence-electron chi connectivity index (χ4n) is 1.82. The lowest BCUT2D eigenvalue weighted by molar-refractivity contribution is -0.159. The fourth-order valence-corrected chi connectivity index (χ4v) is 1.82. The molecule has 0 aliphatic heterocycles. The molecule has 0 heterocycles. The number of ether oxygens (including phenoxy) is 1. The van der Waals surface area contributed by atoms with Gasteiger partial charge in [0.05, 0.1) is 12.3 Å². The Kier molecular flexibility index (Phi) is 5.57. The first kappa shape index (κ1) is 18.0. The molecule has 0 spiro atoms. The number of hydrogen-bond donors (Lipinski definition) is 1. The number of rotatable bonds is 5. The molecule has 0 saturated heterocycles. The number of hydrogen-bond acceptors (Lipinski definition) is 3. The van der Waals surface area contributed by atoms with Gasteiger partial charge in [0.15, 0.2) is 11.6 Å². The third-order valence-electron chi connectivity index (χ3n) is 2.74. The minimum atomic E-state index is -1.36. The van der Waals surface area contributed by atoms with E-state index in [9.17, 15) is 22.8 Å². The monoisotopic (exact) mass is 318 g/mol. The maximum absolute atomic E-state index is 13.5. The van der Waals surface area contributed by atoms with Gasteiger partial charge in [-0.05, 0) is 38.8 Å². The second-order valence-electron chi connectivity index (χ2n) is 5.89. The highest BCUT2D eigenvalue weighted by atomic mass is 19.2. The lowest BCUT2D eigenvalue weighted by Crippen LogP contribution is -2.28. The van der Waals surface area contributed by atoms with Gasteiger partial charge >= 0.3 is 11.9 Å². The molecule has 1 aromatic carbocycles. The quantitative estimate of drug-likeness (QED) is 0.669. The summed E-state index contributed by atoms with van der Waals surface area (Å²) in [6, 6.07) is 0.937. The minimum absolute atomic E-state index is 0.310. The van der Waals surface area contributed by atoms with Gasteiger partial charge in [0, 0.05) is 6.07 Å². The largest absolute Gasteiger partial charge is 0.481 e. The SMILES string of the molecule is CC(C)(C)OC(=O)C[C@@H](Cc1cc(F)c(F)cc1F)C(=O)O. The first-order chi connectivity index (χ1) is 9.99. The van der Waals surface area contributed by atoms with E-state index >= 15 is 0 Å². The van der Waals surface area contributed by atoms with Crippen molar-refractivity contribution in [2.75, 3.05) is 0 Å². The van der Waals surface area contributed by atoms with E-state index in [1.165, 1.54) is 0 Å². The molecule has 0 aromatic heterocycles. The van der Waals surface area contributed by atoms with Crippen molar-refractivity contribution in [1.29, 1.82) is 0 Å². The van der Waals surface area contributed by atoms with E-state index in [0.29, 0.717) is 12.1 Å². The molecule has 1 rings (SSSR count). The third-order valence-corrected chi connectivity index (χ3v) is 2.74. The van der Waals surface area contributed by atoms with Crippen LogP contribution in [0.2, 0.25) is 0 Å². The first-order valence-electron chi connectivity index (χ1n) is 6.57. The van der Waals surface area contributed by atoms with Crippen molar-refractivity contribution in [3.63, 3.8) is 0 Å². The molecule has 0 fully saturated rings. The average Bonchev–Trinajstić information content (AvgIpc) is 2.32. The van der Waals surface area contributed by atoms with Crippen LogP contribution in [0.4, 0.5) is 13.2 Å². The highest BCUT2D eigenvalue weighted by molar-refractivity contribution is 5.79. The maximum atomic E-state index is 13.5. The molecule has 22 heavy (non-hydrogen) atoms. The number of benzene rings is 1. The maximum Gasteiger partial charge on any atom is 0.307 e. The van der Waals surface area contributed by atoms with Gasteiger partial charge in [-0.15, -0.1) is 0 Å². The molecular formula is C15H17F3O4. The Balaban J connectivity index is 2.88. The van der Waals surface area contributed by atoms with E-state index in [1.54, 1.807) is 20.8 Å². The molecule has 7 heteroatoms. The van der Waals surface area contributed by atoms with Crippen LogP contribution in [0.25, 0.3) is 0 Å². The van der Waals surface area contributed by atoms with Gasteiger partial charge in [-0.2, -0.15) is 0 Å². The third kappa shape index (κ3) is 5.38. The van der Waals surface area contributed by atoms with Crippen LogP contribution in [-0.2, 0) is 20.7 Å². The summed E-state index contributed by atoms with van der Waals surface area (Å²) in [6.45, 7) is 4.86. The van der Waals surface area contributed by atoms with Crippen molar-refractivity contribution in [1.82, 2.24) is 0 Å². The number of halogens is 3. The summed E-state index contributed by atoms with van der Waals surface area (Å²) in [4.78, 5) is 22.8. The Morgan fingerprint density at radius 3 is 2.18 bits per heavy atom. The standard InChI is InChI=1S/C15H17F3O4/c1-15(2,3)22-13(19)6-9(14(20)21)4-8-5-11(17)12(18)7-10(8)16/h5,7,9H,4,6H2,1-3H3,(H,20,21)/t9-/m1/s1. The van der Waals surface area contributed by atoms with E-state index < -0.39 is 53.8 Å². The average molecular weight is 318 g/mol. The van der Waals surface area contributed by atoms with E-state index in [0.717, 1.165) is 0 Å². The fraction of sp³-hybridized carbons (Fsp3) is 0.467. The molecule has 122 valence electrons. The normalized spacial score (nSPS) is 12.8. The smallest absolute Gasteiger partial charge is 0.307 e. The van der Waals surface area contributed by atoms with E-state index in [4.69, 9.17) is 9.84 Å². The van der Waals surface area contributed by atoms with Gasteiger partial charge in [0.2, 0.25) is 0 Å². The van der Waals surface area contributed by atoms with Gasteiger partial charge in [0.25, 0.3) is 0 Å². The molecule has 0 aliphatic carbocycles. The zero-order chi connectivity index (χ0) is 17.1. The number of esters is 1. The summed E-state index contributed by atoms with van der Waals surface area (Å²) in [5, 5.41) is 9.10. The lowest BCUT2D eigenvalue weighted by Gasteiger charge is -2.21. The Labute approximate surface area is 125 Å². The van der Waals surface area contributed by atoms with E-state index in [2.05, 4.69) is 0 Å². The summed E-state index contributed by atoms with van der Waals surface area (Å²) in [5.74, 6) is -7.11. The van der Waals surface area contributed by atoms with E-state index in [-0.39, 0.29) is 5.56 Å². The predicted molar refractivity (Wildman–Crippen MR) is 71.6 cm³/mol. The van der Waals surface area contributed by atoms with Crippen molar-refractivity contribution in [2.45, 2.75) is 39.2 Å². The van der Waals surface area contributed by atoms with Crippen molar-refractivity contribution in [3.8, 4) is 0 Å². The Morgan fingerprint density at radius 1 is 1.14 bits per heavy atom. The number of carbonyl (C=O) groups excluding carboxylic acids is 1. The summed E-state index contributed by atoms with van der Waals surface area (Å²) in [6.07, 6.45) is -0.942. The Morgan fingerprint density at radius 2 is 1.68 bits per heavy atom. The summed E-state index contributed by atoms with van der Waals surface area (Å²) in [7, 11) is 0. The number of aliphatic carboxylic acids is 1. The molecule has 0 saturated carbocycles. The van der Waals surface area contributed by atoms with Crippen LogP contribution >= 0.6 is 0 Å². The second-order valence-corrected chi connectivity index (χ2v) is 5.89. The first-order valence-corrected chi connectivity index (χ1v) is 6.57. The Bertz CT molecular complexity index is 579. The van der Waals surface area contributed by atoms with Crippen LogP contribution < -0.4 is 0 Å². The number of carboxylic acid groups (broad SMARTS) is 1. The molecule has 0 unspecified atom stereocenters. The van der Waals surface area contributed by atoms with Crippen molar-refractivity contribution < 1.29 is 32.6 Å². The molecule has 1 N–H and O–H groups in total. The van der Waals surface area contributed by atoms with Crippen molar-refractivity contribution in [3.05, 3.63) is 35.1 Å². The van der Waals surface area contributed by atoms with Crippen LogP contribution in [0, 0.1) is 23.4 Å². The van der Waals surface area contributed by atoms with Gasteiger partial charge in [-0.25, -0.2) is 13.2 Å².